The fourth-order valence-corrected chi connectivity index (χ4v) is 1.51. The minimum atomic E-state index is -0.516. The molecule has 120 valence electrons. The van der Waals surface area contributed by atoms with Gasteiger partial charge in [0.15, 0.2) is 0 Å². The normalized spacial score (nSPS) is 12.0. The third kappa shape index (κ3) is 9.05. The number of carbonyl (C=O) groups excluding carboxylic acids is 1. The third-order valence-corrected chi connectivity index (χ3v) is 2.33. The summed E-state index contributed by atoms with van der Waals surface area (Å²) >= 11 is 0. The zero-order valence-electron chi connectivity index (χ0n) is 13.6. The molecule has 4 N–H and O–H groups in total. The highest BCUT2D eigenvalue weighted by atomic mass is 16.6. The number of anilines is 1. The van der Waals surface area contributed by atoms with Gasteiger partial charge in [-0.3, -0.25) is 5.32 Å². The van der Waals surface area contributed by atoms with Gasteiger partial charge in [-0.05, 0) is 44.9 Å². The second kappa shape index (κ2) is 9.37. The van der Waals surface area contributed by atoms with E-state index in [2.05, 4.69) is 5.32 Å². The van der Waals surface area contributed by atoms with Crippen LogP contribution in [0.2, 0.25) is 0 Å². The van der Waals surface area contributed by atoms with Crippen molar-refractivity contribution in [1.82, 2.24) is 0 Å². The molecule has 0 aliphatic heterocycles. The summed E-state index contributed by atoms with van der Waals surface area (Å²) in [7, 11) is 0. The minimum absolute atomic E-state index is 0.0437. The Morgan fingerprint density at radius 2 is 1.81 bits per heavy atom. The van der Waals surface area contributed by atoms with Gasteiger partial charge >= 0.3 is 6.09 Å². The molecule has 1 amide bonds. The average Bonchev–Trinajstić information content (AvgIpc) is 2.41. The number of aliphatic hydroxyl groups is 1. The second-order valence-corrected chi connectivity index (χ2v) is 5.47. The maximum absolute atomic E-state index is 11.6. The Hall–Kier alpha value is -1.59. The highest BCUT2D eigenvalue weighted by molar-refractivity contribution is 5.84. The molecule has 0 heterocycles. The van der Waals surface area contributed by atoms with Gasteiger partial charge in [0.2, 0.25) is 0 Å². The Labute approximate surface area is 127 Å². The van der Waals surface area contributed by atoms with Crippen LogP contribution in [0.4, 0.5) is 10.5 Å². The van der Waals surface area contributed by atoms with Crippen molar-refractivity contribution in [3.05, 3.63) is 29.8 Å². The van der Waals surface area contributed by atoms with E-state index in [1.54, 1.807) is 12.1 Å². The summed E-state index contributed by atoms with van der Waals surface area (Å²) in [6, 6.07) is 7.03. The van der Waals surface area contributed by atoms with Crippen LogP contribution in [0, 0.1) is 0 Å². The molecule has 1 aromatic carbocycles. The topological polar surface area (TPSA) is 84.6 Å². The fourth-order valence-electron chi connectivity index (χ4n) is 1.51. The molecule has 1 atom stereocenters. The lowest BCUT2D eigenvalue weighted by molar-refractivity contribution is 0.0636. The molecule has 0 fully saturated rings. The standard InChI is InChI=1S/C14H22N2O3.C2H6/c1-14(2,3)19-13(18)16-12-6-4-10(5-7-12)8-11(15)9-17;1-2/h4-7,11,17H,8-9,15H2,1-3H3,(H,16,18);1-2H3. The quantitative estimate of drug-likeness (QED) is 0.797. The van der Waals surface area contributed by atoms with E-state index in [0.717, 1.165) is 5.56 Å². The third-order valence-electron chi connectivity index (χ3n) is 2.33. The first kappa shape index (κ1) is 19.4. The van der Waals surface area contributed by atoms with Gasteiger partial charge in [0.25, 0.3) is 0 Å². The molecule has 1 aromatic rings. The predicted molar refractivity (Wildman–Crippen MR) is 86.4 cm³/mol. The summed E-state index contributed by atoms with van der Waals surface area (Å²) in [6.07, 6.45) is 0.121. The molecule has 1 unspecified atom stereocenters. The van der Waals surface area contributed by atoms with Gasteiger partial charge in [-0.15, -0.1) is 0 Å². The van der Waals surface area contributed by atoms with Crippen LogP contribution >= 0.6 is 0 Å². The number of benzene rings is 1. The van der Waals surface area contributed by atoms with Crippen LogP contribution in [0.1, 0.15) is 40.2 Å². The lowest BCUT2D eigenvalue weighted by atomic mass is 10.1. The van der Waals surface area contributed by atoms with Crippen LogP contribution in [0.3, 0.4) is 0 Å². The zero-order chi connectivity index (χ0) is 16.5. The van der Waals surface area contributed by atoms with E-state index in [0.29, 0.717) is 12.1 Å². The van der Waals surface area contributed by atoms with Crippen molar-refractivity contribution in [3.63, 3.8) is 0 Å². The first-order valence-electron chi connectivity index (χ1n) is 7.25. The van der Waals surface area contributed by atoms with Crippen molar-refractivity contribution < 1.29 is 14.6 Å². The van der Waals surface area contributed by atoms with Crippen molar-refractivity contribution in [3.8, 4) is 0 Å². The van der Waals surface area contributed by atoms with E-state index in [9.17, 15) is 4.79 Å². The molecule has 0 saturated heterocycles. The summed E-state index contributed by atoms with van der Waals surface area (Å²) in [6.45, 7) is 9.39. The van der Waals surface area contributed by atoms with Gasteiger partial charge in [-0.1, -0.05) is 26.0 Å². The number of aliphatic hydroxyl groups excluding tert-OH is 1. The van der Waals surface area contributed by atoms with Gasteiger partial charge in [0.1, 0.15) is 5.60 Å². The fraction of sp³-hybridized carbons (Fsp3) is 0.562. The second-order valence-electron chi connectivity index (χ2n) is 5.47. The number of hydrogen-bond donors (Lipinski definition) is 3. The average molecular weight is 296 g/mol. The van der Waals surface area contributed by atoms with Crippen LogP contribution in [0.25, 0.3) is 0 Å². The van der Waals surface area contributed by atoms with Crippen molar-refractivity contribution in [2.24, 2.45) is 5.73 Å². The van der Waals surface area contributed by atoms with Gasteiger partial charge in [-0.2, -0.15) is 0 Å². The Morgan fingerprint density at radius 3 is 2.24 bits per heavy atom. The molecule has 0 saturated carbocycles. The molecule has 0 bridgehead atoms. The van der Waals surface area contributed by atoms with E-state index < -0.39 is 11.7 Å². The Morgan fingerprint density at radius 1 is 1.29 bits per heavy atom. The maximum Gasteiger partial charge on any atom is 0.412 e. The SMILES string of the molecule is CC.CC(C)(C)OC(=O)Nc1ccc(CC(N)CO)cc1. The Bertz CT molecular complexity index is 411. The van der Waals surface area contributed by atoms with Crippen molar-refractivity contribution in [1.29, 1.82) is 0 Å². The Kier molecular flexibility index (Phi) is 8.66. The molecule has 0 aliphatic carbocycles. The van der Waals surface area contributed by atoms with Crippen molar-refractivity contribution in [2.75, 3.05) is 11.9 Å². The van der Waals surface area contributed by atoms with E-state index in [1.165, 1.54) is 0 Å². The van der Waals surface area contributed by atoms with Crippen molar-refractivity contribution in [2.45, 2.75) is 52.7 Å². The van der Waals surface area contributed by atoms with E-state index in [4.69, 9.17) is 15.6 Å². The van der Waals surface area contributed by atoms with E-state index >= 15 is 0 Å². The van der Waals surface area contributed by atoms with Crippen LogP contribution < -0.4 is 11.1 Å². The molecule has 0 aliphatic rings. The number of carbonyl (C=O) groups is 1. The van der Waals surface area contributed by atoms with Gasteiger partial charge < -0.3 is 15.6 Å². The summed E-state index contributed by atoms with van der Waals surface area (Å²) < 4.78 is 5.15. The monoisotopic (exact) mass is 296 g/mol. The van der Waals surface area contributed by atoms with Crippen molar-refractivity contribution >= 4 is 11.8 Å². The highest BCUT2D eigenvalue weighted by Gasteiger charge is 2.16. The van der Waals surface area contributed by atoms with Gasteiger partial charge in [0.05, 0.1) is 6.61 Å². The first-order valence-corrected chi connectivity index (χ1v) is 7.25. The summed E-state index contributed by atoms with van der Waals surface area (Å²) in [5.41, 5.74) is 6.81. The molecular weight excluding hydrogens is 268 g/mol. The summed E-state index contributed by atoms with van der Waals surface area (Å²) in [5, 5.41) is 11.5. The lowest BCUT2D eigenvalue weighted by Crippen LogP contribution is -2.27. The first-order chi connectivity index (χ1) is 9.80. The largest absolute Gasteiger partial charge is 0.444 e. The van der Waals surface area contributed by atoms with Crippen LogP contribution in [-0.2, 0) is 11.2 Å². The number of rotatable bonds is 4. The smallest absolute Gasteiger partial charge is 0.412 e. The molecule has 5 nitrogen and oxygen atoms in total. The van der Waals surface area contributed by atoms with E-state index in [-0.39, 0.29) is 12.6 Å². The molecule has 5 heteroatoms. The minimum Gasteiger partial charge on any atom is -0.444 e. The number of nitrogens with two attached hydrogens (primary N) is 1. The summed E-state index contributed by atoms with van der Waals surface area (Å²) in [5.74, 6) is 0. The number of nitrogens with one attached hydrogen (secondary N) is 1. The zero-order valence-corrected chi connectivity index (χ0v) is 13.6. The lowest BCUT2D eigenvalue weighted by Gasteiger charge is -2.19. The van der Waals surface area contributed by atoms with Crippen LogP contribution in [0.5, 0.6) is 0 Å². The highest BCUT2D eigenvalue weighted by Crippen LogP contribution is 2.13. The molecular formula is C16H28N2O3. The van der Waals surface area contributed by atoms with E-state index in [1.807, 2.05) is 46.8 Å². The molecule has 0 radical (unpaired) electrons. The van der Waals surface area contributed by atoms with Gasteiger partial charge in [-0.25, -0.2) is 4.79 Å². The van der Waals surface area contributed by atoms with Crippen LogP contribution in [-0.4, -0.2) is 29.4 Å². The number of ether oxygens (including phenoxy) is 1. The molecule has 1 rings (SSSR count). The molecule has 0 spiro atoms. The molecule has 0 aromatic heterocycles. The Balaban J connectivity index is 0.00000191. The predicted octanol–water partition coefficient (Wildman–Crippen LogP) is 2.92. The number of amides is 1. The number of hydrogen-bond acceptors (Lipinski definition) is 4. The van der Waals surface area contributed by atoms with Gasteiger partial charge in [0, 0.05) is 11.7 Å². The molecule has 21 heavy (non-hydrogen) atoms. The van der Waals surface area contributed by atoms with Crippen LogP contribution in [0.15, 0.2) is 24.3 Å². The maximum atomic E-state index is 11.6. The summed E-state index contributed by atoms with van der Waals surface area (Å²) in [4.78, 5) is 11.6.